The number of aliphatic hydroxyl groups is 1. The van der Waals surface area contributed by atoms with Gasteiger partial charge in [-0.3, -0.25) is 4.79 Å². The van der Waals surface area contributed by atoms with Crippen molar-refractivity contribution < 1.29 is 9.90 Å². The minimum atomic E-state index is -0.719. The van der Waals surface area contributed by atoms with Crippen molar-refractivity contribution >= 4 is 5.91 Å². The lowest BCUT2D eigenvalue weighted by molar-refractivity contribution is -0.126. The maximum atomic E-state index is 12.0. The molecule has 3 nitrogen and oxygen atoms in total. The Morgan fingerprint density at radius 1 is 1.33 bits per heavy atom. The van der Waals surface area contributed by atoms with Crippen LogP contribution in [-0.4, -0.2) is 23.2 Å². The number of carbonyl (C=O) groups is 1. The zero-order chi connectivity index (χ0) is 13.4. The molecular weight excluding hydrogens is 226 g/mol. The molecule has 1 atom stereocenters. The second-order valence-electron chi connectivity index (χ2n) is 5.42. The minimum absolute atomic E-state index is 0.0995. The van der Waals surface area contributed by atoms with Crippen molar-refractivity contribution in [3.05, 3.63) is 12.2 Å². The van der Waals surface area contributed by atoms with Gasteiger partial charge in [0, 0.05) is 12.5 Å². The van der Waals surface area contributed by atoms with Crippen molar-refractivity contribution in [1.82, 2.24) is 5.32 Å². The number of carbonyl (C=O) groups excluding carboxylic acids is 1. The van der Waals surface area contributed by atoms with Gasteiger partial charge in [0.1, 0.15) is 0 Å². The van der Waals surface area contributed by atoms with Crippen LogP contribution in [0, 0.1) is 5.92 Å². The number of hydrogen-bond acceptors (Lipinski definition) is 2. The van der Waals surface area contributed by atoms with Crippen molar-refractivity contribution in [1.29, 1.82) is 0 Å². The molecule has 1 rings (SSSR count). The van der Waals surface area contributed by atoms with Crippen LogP contribution in [0.25, 0.3) is 0 Å². The molecule has 0 saturated heterocycles. The monoisotopic (exact) mass is 253 g/mol. The van der Waals surface area contributed by atoms with Crippen molar-refractivity contribution in [2.45, 2.75) is 64.4 Å². The van der Waals surface area contributed by atoms with E-state index < -0.39 is 5.60 Å². The molecule has 18 heavy (non-hydrogen) atoms. The highest BCUT2D eigenvalue weighted by Gasteiger charge is 2.27. The summed E-state index contributed by atoms with van der Waals surface area (Å²) in [6.07, 6.45) is 10.4. The summed E-state index contributed by atoms with van der Waals surface area (Å²) in [6, 6.07) is 0. The molecule has 0 aromatic rings. The molecule has 0 bridgehead atoms. The maximum absolute atomic E-state index is 12.0. The van der Waals surface area contributed by atoms with Crippen LogP contribution in [0.5, 0.6) is 0 Å². The zero-order valence-corrected chi connectivity index (χ0v) is 11.7. The first-order chi connectivity index (χ1) is 8.61. The Bertz CT molecular complexity index is 280. The molecule has 1 amide bonds. The van der Waals surface area contributed by atoms with Crippen LogP contribution < -0.4 is 5.32 Å². The number of amides is 1. The van der Waals surface area contributed by atoms with Gasteiger partial charge in [0.05, 0.1) is 5.60 Å². The normalized spacial score (nSPS) is 19.8. The third-order valence-corrected chi connectivity index (χ3v) is 3.66. The van der Waals surface area contributed by atoms with Gasteiger partial charge in [0.25, 0.3) is 0 Å². The Kier molecular flexibility index (Phi) is 6.41. The van der Waals surface area contributed by atoms with E-state index in [1.54, 1.807) is 0 Å². The minimum Gasteiger partial charge on any atom is -0.388 e. The van der Waals surface area contributed by atoms with E-state index in [0.29, 0.717) is 6.54 Å². The van der Waals surface area contributed by atoms with Gasteiger partial charge in [-0.15, -0.1) is 0 Å². The highest BCUT2D eigenvalue weighted by molar-refractivity contribution is 5.79. The summed E-state index contributed by atoms with van der Waals surface area (Å²) < 4.78 is 0. The molecule has 2 N–H and O–H groups in total. The fraction of sp³-hybridized carbons (Fsp3) is 0.800. The molecule has 0 aromatic heterocycles. The van der Waals surface area contributed by atoms with Gasteiger partial charge in [-0.1, -0.05) is 38.8 Å². The number of rotatable bonds is 7. The lowest BCUT2D eigenvalue weighted by Crippen LogP contribution is -2.44. The van der Waals surface area contributed by atoms with E-state index in [1.165, 1.54) is 0 Å². The van der Waals surface area contributed by atoms with E-state index in [9.17, 15) is 9.90 Å². The standard InChI is InChI=1S/C15H27NO2/c1-3-10-15(18,11-4-2)12-16-14(17)13-8-6-5-7-9-13/h5-6,13,18H,3-4,7-12H2,1-2H3,(H,16,17)/t13-/m1/s1. The molecule has 0 saturated carbocycles. The molecule has 104 valence electrons. The second kappa shape index (κ2) is 7.57. The van der Waals surface area contributed by atoms with Crippen molar-refractivity contribution in [2.24, 2.45) is 5.92 Å². The average molecular weight is 253 g/mol. The van der Waals surface area contributed by atoms with Crippen LogP contribution in [0.1, 0.15) is 58.8 Å². The summed E-state index contributed by atoms with van der Waals surface area (Å²) >= 11 is 0. The van der Waals surface area contributed by atoms with Gasteiger partial charge >= 0.3 is 0 Å². The van der Waals surface area contributed by atoms with Gasteiger partial charge in [-0.25, -0.2) is 0 Å². The van der Waals surface area contributed by atoms with Gasteiger partial charge in [-0.2, -0.15) is 0 Å². The SMILES string of the molecule is CCCC(O)(CCC)CNC(=O)[C@@H]1CC=CCC1. The van der Waals surface area contributed by atoms with Gasteiger partial charge < -0.3 is 10.4 Å². The molecule has 0 spiro atoms. The molecule has 0 fully saturated rings. The predicted molar refractivity (Wildman–Crippen MR) is 74.3 cm³/mol. The Labute approximate surface area is 111 Å². The first-order valence-electron chi connectivity index (χ1n) is 7.26. The molecule has 0 aromatic carbocycles. The lowest BCUT2D eigenvalue weighted by atomic mass is 9.91. The Hall–Kier alpha value is -0.830. The molecule has 1 aliphatic rings. The molecule has 0 heterocycles. The van der Waals surface area contributed by atoms with Crippen LogP contribution in [-0.2, 0) is 4.79 Å². The Morgan fingerprint density at radius 3 is 2.50 bits per heavy atom. The molecular formula is C15H27NO2. The Balaban J connectivity index is 2.41. The van der Waals surface area contributed by atoms with Gasteiger partial charge in [-0.05, 0) is 32.1 Å². The van der Waals surface area contributed by atoms with Crippen LogP contribution in [0.15, 0.2) is 12.2 Å². The number of allylic oxidation sites excluding steroid dienone is 2. The van der Waals surface area contributed by atoms with E-state index in [0.717, 1.165) is 44.9 Å². The fourth-order valence-corrected chi connectivity index (χ4v) is 2.66. The van der Waals surface area contributed by atoms with Gasteiger partial charge in [0.2, 0.25) is 5.91 Å². The third-order valence-electron chi connectivity index (χ3n) is 3.66. The van der Waals surface area contributed by atoms with Crippen molar-refractivity contribution in [3.8, 4) is 0 Å². The quantitative estimate of drug-likeness (QED) is 0.685. The van der Waals surface area contributed by atoms with Gasteiger partial charge in [0.15, 0.2) is 0 Å². The van der Waals surface area contributed by atoms with E-state index >= 15 is 0 Å². The topological polar surface area (TPSA) is 49.3 Å². The first kappa shape index (κ1) is 15.2. The van der Waals surface area contributed by atoms with Crippen LogP contribution in [0.2, 0.25) is 0 Å². The summed E-state index contributed by atoms with van der Waals surface area (Å²) in [5.74, 6) is 0.201. The van der Waals surface area contributed by atoms with E-state index in [-0.39, 0.29) is 11.8 Å². The van der Waals surface area contributed by atoms with Crippen LogP contribution in [0.3, 0.4) is 0 Å². The highest BCUT2D eigenvalue weighted by Crippen LogP contribution is 2.21. The summed E-state index contributed by atoms with van der Waals surface area (Å²) in [6.45, 7) is 4.52. The molecule has 3 heteroatoms. The van der Waals surface area contributed by atoms with Crippen molar-refractivity contribution in [2.75, 3.05) is 6.54 Å². The van der Waals surface area contributed by atoms with E-state index in [1.807, 2.05) is 0 Å². The number of nitrogens with one attached hydrogen (secondary N) is 1. The average Bonchev–Trinajstić information content (AvgIpc) is 2.38. The third kappa shape index (κ3) is 4.81. The maximum Gasteiger partial charge on any atom is 0.223 e. The van der Waals surface area contributed by atoms with Crippen molar-refractivity contribution in [3.63, 3.8) is 0 Å². The summed E-state index contributed by atoms with van der Waals surface area (Å²) in [4.78, 5) is 12.0. The summed E-state index contributed by atoms with van der Waals surface area (Å²) in [5, 5.41) is 13.4. The first-order valence-corrected chi connectivity index (χ1v) is 7.26. The summed E-state index contributed by atoms with van der Waals surface area (Å²) in [7, 11) is 0. The van der Waals surface area contributed by atoms with E-state index in [4.69, 9.17) is 0 Å². The zero-order valence-electron chi connectivity index (χ0n) is 11.7. The summed E-state index contributed by atoms with van der Waals surface area (Å²) in [5.41, 5.74) is -0.719. The smallest absolute Gasteiger partial charge is 0.223 e. The second-order valence-corrected chi connectivity index (χ2v) is 5.42. The molecule has 1 aliphatic carbocycles. The molecule has 0 aliphatic heterocycles. The lowest BCUT2D eigenvalue weighted by Gasteiger charge is -2.29. The fourth-order valence-electron chi connectivity index (χ4n) is 2.66. The predicted octanol–water partition coefficient (Wildman–Crippen LogP) is 2.79. The highest BCUT2D eigenvalue weighted by atomic mass is 16.3. The largest absolute Gasteiger partial charge is 0.388 e. The van der Waals surface area contributed by atoms with E-state index in [2.05, 4.69) is 31.3 Å². The van der Waals surface area contributed by atoms with Crippen LogP contribution in [0.4, 0.5) is 0 Å². The number of hydrogen-bond donors (Lipinski definition) is 2. The molecule has 0 radical (unpaired) electrons. The molecule has 0 unspecified atom stereocenters. The van der Waals surface area contributed by atoms with Crippen LogP contribution >= 0.6 is 0 Å². The Morgan fingerprint density at radius 2 is 2.00 bits per heavy atom.